The number of carbonyl (C=O) groups excluding carboxylic acids is 1. The molecule has 0 fully saturated rings. The summed E-state index contributed by atoms with van der Waals surface area (Å²) in [5.41, 5.74) is 1.92. The molecule has 0 spiro atoms. The monoisotopic (exact) mass is 434 g/mol. The van der Waals surface area contributed by atoms with Gasteiger partial charge in [-0.15, -0.1) is 0 Å². The van der Waals surface area contributed by atoms with Crippen molar-refractivity contribution in [2.75, 3.05) is 5.32 Å². The zero-order valence-corrected chi connectivity index (χ0v) is 17.2. The normalized spacial score (nSPS) is 10.9. The van der Waals surface area contributed by atoms with E-state index in [0.717, 1.165) is 12.6 Å². The quantitative estimate of drug-likeness (QED) is 0.247. The first-order valence-electron chi connectivity index (χ1n) is 9.97. The van der Waals surface area contributed by atoms with E-state index in [0.29, 0.717) is 28.6 Å². The lowest BCUT2D eigenvalue weighted by Gasteiger charge is -2.11. The second kappa shape index (κ2) is 8.88. The Balaban J connectivity index is 1.69. The van der Waals surface area contributed by atoms with Crippen LogP contribution in [0.2, 0.25) is 0 Å². The van der Waals surface area contributed by atoms with E-state index in [1.54, 1.807) is 24.3 Å². The van der Waals surface area contributed by atoms with Gasteiger partial charge in [-0.25, -0.2) is 14.4 Å². The van der Waals surface area contributed by atoms with Crippen LogP contribution >= 0.6 is 0 Å². The minimum Gasteiger partial charge on any atom is -0.360 e. The summed E-state index contributed by atoms with van der Waals surface area (Å²) in [5, 5.41) is 14.5. The van der Waals surface area contributed by atoms with Crippen LogP contribution in [0.3, 0.4) is 0 Å². The van der Waals surface area contributed by atoms with Crippen LogP contribution < -0.4 is 5.32 Å². The molecule has 0 saturated carbocycles. The molecule has 9 nitrogen and oxygen atoms in total. The summed E-state index contributed by atoms with van der Waals surface area (Å²) in [5.74, 6) is -0.361. The molecule has 0 amide bonds. The van der Waals surface area contributed by atoms with E-state index in [1.807, 2.05) is 6.92 Å². The third-order valence-corrected chi connectivity index (χ3v) is 4.92. The number of benzene rings is 2. The number of halogens is 1. The molecule has 1 N–H and O–H groups in total. The van der Waals surface area contributed by atoms with Crippen molar-refractivity contribution >= 4 is 28.3 Å². The van der Waals surface area contributed by atoms with E-state index in [9.17, 15) is 19.3 Å². The highest BCUT2D eigenvalue weighted by Crippen LogP contribution is 2.25. The van der Waals surface area contributed by atoms with Gasteiger partial charge in [-0.2, -0.15) is 4.98 Å². The van der Waals surface area contributed by atoms with Gasteiger partial charge in [-0.3, -0.25) is 19.5 Å². The number of imidazole rings is 1. The third kappa shape index (κ3) is 4.15. The molecule has 4 rings (SSSR count). The molecule has 0 radical (unpaired) electrons. The van der Waals surface area contributed by atoms with E-state index < -0.39 is 10.7 Å². The summed E-state index contributed by atoms with van der Waals surface area (Å²) >= 11 is 0. The molecule has 0 aliphatic heterocycles. The fourth-order valence-electron chi connectivity index (χ4n) is 3.37. The van der Waals surface area contributed by atoms with E-state index in [2.05, 4.69) is 20.3 Å². The lowest BCUT2D eigenvalue weighted by molar-refractivity contribution is -0.384. The largest absolute Gasteiger partial charge is 0.360 e. The summed E-state index contributed by atoms with van der Waals surface area (Å²) in [6.07, 6.45) is 3.65. The number of aromatic nitrogens is 4. The number of anilines is 1. The molecule has 2 aromatic carbocycles. The van der Waals surface area contributed by atoms with Crippen LogP contribution in [0.15, 0.2) is 55.0 Å². The van der Waals surface area contributed by atoms with Crippen molar-refractivity contribution in [3.05, 3.63) is 82.0 Å². The Bertz CT molecular complexity index is 1320. The minimum atomic E-state index is -0.591. The van der Waals surface area contributed by atoms with Crippen LogP contribution in [-0.2, 0) is 6.54 Å². The highest BCUT2D eigenvalue weighted by atomic mass is 19.1. The van der Waals surface area contributed by atoms with Crippen LogP contribution in [0.4, 0.5) is 15.9 Å². The molecule has 10 heteroatoms. The maximum Gasteiger partial charge on any atom is 0.329 e. The van der Waals surface area contributed by atoms with Crippen molar-refractivity contribution in [1.29, 1.82) is 0 Å². The molecule has 0 saturated heterocycles. The molecular formula is C22H19FN6O3. The molecule has 2 aromatic heterocycles. The lowest BCUT2D eigenvalue weighted by Crippen LogP contribution is -2.11. The predicted octanol–water partition coefficient (Wildman–Crippen LogP) is 4.46. The van der Waals surface area contributed by atoms with Gasteiger partial charge >= 0.3 is 5.69 Å². The third-order valence-electron chi connectivity index (χ3n) is 4.92. The molecule has 0 aliphatic rings. The van der Waals surface area contributed by atoms with Gasteiger partial charge < -0.3 is 5.32 Å². The summed E-state index contributed by atoms with van der Waals surface area (Å²) in [6, 6.07) is 11.2. The number of nitro groups is 1. The predicted molar refractivity (Wildman–Crippen MR) is 116 cm³/mol. The van der Waals surface area contributed by atoms with E-state index >= 15 is 0 Å². The van der Waals surface area contributed by atoms with Crippen molar-refractivity contribution in [3.63, 3.8) is 0 Å². The smallest absolute Gasteiger partial charge is 0.329 e. The van der Waals surface area contributed by atoms with Crippen molar-refractivity contribution in [3.8, 4) is 5.95 Å². The summed E-state index contributed by atoms with van der Waals surface area (Å²) in [7, 11) is 0. The van der Waals surface area contributed by atoms with Gasteiger partial charge in [0.1, 0.15) is 18.3 Å². The standard InChI is InChI=1S/C22H19FN6O3/c1-2-5-20(30)16-7-4-3-6-14(16)11-24-21-19(29(31)32)12-25-22(27-21)28-13-26-17-9-8-15(23)10-18(17)28/h3-4,6-10,12-13H,2,5,11H2,1H3,(H,24,25,27). The van der Waals surface area contributed by atoms with Gasteiger partial charge in [0.25, 0.3) is 0 Å². The molecule has 32 heavy (non-hydrogen) atoms. The maximum atomic E-state index is 13.7. The van der Waals surface area contributed by atoms with Crippen LogP contribution in [0.1, 0.15) is 35.7 Å². The first-order chi connectivity index (χ1) is 15.5. The Kier molecular flexibility index (Phi) is 5.84. The topological polar surface area (TPSA) is 116 Å². The van der Waals surface area contributed by atoms with Gasteiger partial charge in [-0.05, 0) is 24.1 Å². The average Bonchev–Trinajstić information content (AvgIpc) is 3.20. The van der Waals surface area contributed by atoms with E-state index in [4.69, 9.17) is 0 Å². The van der Waals surface area contributed by atoms with Gasteiger partial charge in [-0.1, -0.05) is 31.2 Å². The molecule has 0 atom stereocenters. The molecule has 0 aliphatic carbocycles. The Morgan fingerprint density at radius 1 is 1.22 bits per heavy atom. The van der Waals surface area contributed by atoms with Crippen LogP contribution in [0.5, 0.6) is 0 Å². The molecule has 0 unspecified atom stereocenters. The Hall–Kier alpha value is -4.21. The van der Waals surface area contributed by atoms with E-state index in [1.165, 1.54) is 29.1 Å². The van der Waals surface area contributed by atoms with E-state index in [-0.39, 0.29) is 29.8 Å². The summed E-state index contributed by atoms with van der Waals surface area (Å²) in [6.45, 7) is 2.08. The number of rotatable bonds is 8. The second-order valence-corrected chi connectivity index (χ2v) is 7.09. The zero-order valence-electron chi connectivity index (χ0n) is 17.2. The number of nitrogens with one attached hydrogen (secondary N) is 1. The first kappa shape index (κ1) is 21.0. The second-order valence-electron chi connectivity index (χ2n) is 7.09. The summed E-state index contributed by atoms with van der Waals surface area (Å²) < 4.78 is 15.2. The minimum absolute atomic E-state index is 0.00897. The highest BCUT2D eigenvalue weighted by molar-refractivity contribution is 5.97. The van der Waals surface area contributed by atoms with Crippen LogP contribution in [0, 0.1) is 15.9 Å². The average molecular weight is 434 g/mol. The number of carbonyl (C=O) groups is 1. The number of hydrogen-bond acceptors (Lipinski definition) is 7. The van der Waals surface area contributed by atoms with Crippen molar-refractivity contribution in [1.82, 2.24) is 19.5 Å². The lowest BCUT2D eigenvalue weighted by atomic mass is 10.0. The zero-order chi connectivity index (χ0) is 22.7. The highest BCUT2D eigenvalue weighted by Gasteiger charge is 2.20. The molecule has 162 valence electrons. The maximum absolute atomic E-state index is 13.7. The van der Waals surface area contributed by atoms with Gasteiger partial charge in [0, 0.05) is 24.6 Å². The number of ketones is 1. The number of nitrogens with zero attached hydrogens (tertiary/aromatic N) is 5. The first-order valence-corrected chi connectivity index (χ1v) is 9.97. The van der Waals surface area contributed by atoms with Gasteiger partial charge in [0.15, 0.2) is 5.78 Å². The number of hydrogen-bond donors (Lipinski definition) is 1. The Labute approximate surface area is 182 Å². The van der Waals surface area contributed by atoms with Gasteiger partial charge in [0.2, 0.25) is 11.8 Å². The van der Waals surface area contributed by atoms with Crippen molar-refractivity contribution in [2.45, 2.75) is 26.3 Å². The number of Topliss-reactive ketones (excluding diaryl/α,β-unsaturated/α-hetero) is 1. The fraction of sp³-hybridized carbons (Fsp3) is 0.182. The molecular weight excluding hydrogens is 415 g/mol. The van der Waals surface area contributed by atoms with Crippen LogP contribution in [0.25, 0.3) is 17.0 Å². The molecule has 2 heterocycles. The fourth-order valence-corrected chi connectivity index (χ4v) is 3.37. The van der Waals surface area contributed by atoms with Crippen molar-refractivity contribution < 1.29 is 14.1 Å². The van der Waals surface area contributed by atoms with Crippen molar-refractivity contribution in [2.24, 2.45) is 0 Å². The van der Waals surface area contributed by atoms with Crippen LogP contribution in [-0.4, -0.2) is 30.2 Å². The molecule has 0 bridgehead atoms. The number of fused-ring (bicyclic) bond motifs is 1. The Morgan fingerprint density at radius 2 is 2.03 bits per heavy atom. The Morgan fingerprint density at radius 3 is 2.81 bits per heavy atom. The SMILES string of the molecule is CCCC(=O)c1ccccc1CNc1nc(-n2cnc3ccc(F)cc32)ncc1[N+](=O)[O-]. The summed E-state index contributed by atoms with van der Waals surface area (Å²) in [4.78, 5) is 35.9. The molecule has 4 aromatic rings. The van der Waals surface area contributed by atoms with Gasteiger partial charge in [0.05, 0.1) is 16.0 Å².